The van der Waals surface area contributed by atoms with Crippen LogP contribution in [0.3, 0.4) is 0 Å². The maximum Gasteiger partial charge on any atom is 0.0608 e. The smallest absolute Gasteiger partial charge is 0.0608 e. The fraction of sp³-hybridized carbons (Fsp3) is 1.00. The van der Waals surface area contributed by atoms with Crippen LogP contribution in [0, 0.1) is 52.3 Å². The molecule has 5 aliphatic rings. The summed E-state index contributed by atoms with van der Waals surface area (Å²) in [5.41, 5.74) is 13.7. The summed E-state index contributed by atoms with van der Waals surface area (Å²) in [6, 6.07) is 0.459. The van der Waals surface area contributed by atoms with E-state index in [9.17, 15) is 0 Å². The zero-order chi connectivity index (χ0) is 25.7. The quantitative estimate of drug-likeness (QED) is 0.376. The molecule has 0 aromatic carbocycles. The Morgan fingerprint density at radius 2 is 1.42 bits per heavy atom. The Bertz CT molecular complexity index is 729. The first-order valence-corrected chi connectivity index (χ1v) is 16.3. The van der Waals surface area contributed by atoms with Crippen molar-refractivity contribution in [1.29, 1.82) is 0 Å². The highest BCUT2D eigenvalue weighted by Gasteiger charge is 2.60. The summed E-state index contributed by atoms with van der Waals surface area (Å²) in [7, 11) is 0. The predicted octanol–water partition coefficient (Wildman–Crippen LogP) is 7.70. The third-order valence-electron chi connectivity index (χ3n) is 12.9. The topological polar surface area (TPSA) is 61.3 Å². The van der Waals surface area contributed by atoms with Crippen LogP contribution in [-0.4, -0.2) is 24.3 Å². The largest absolute Gasteiger partial charge is 0.375 e. The number of rotatable bonds is 7. The van der Waals surface area contributed by atoms with Crippen molar-refractivity contribution in [1.82, 2.24) is 0 Å². The SMILES string of the molecule is CC(C)CCCC(C)C1CCC2C3CCC4CC(OC5CC(N)CC(N)C5)CCC4(C)C3CCC12C. The van der Waals surface area contributed by atoms with Gasteiger partial charge in [0.25, 0.3) is 0 Å². The summed E-state index contributed by atoms with van der Waals surface area (Å²) in [5.74, 6) is 6.54. The van der Waals surface area contributed by atoms with Gasteiger partial charge in [0.15, 0.2) is 0 Å². The van der Waals surface area contributed by atoms with Crippen LogP contribution in [0.5, 0.6) is 0 Å². The maximum absolute atomic E-state index is 6.72. The Morgan fingerprint density at radius 1 is 0.722 bits per heavy atom. The second kappa shape index (κ2) is 10.8. The van der Waals surface area contributed by atoms with Crippen molar-refractivity contribution in [3.05, 3.63) is 0 Å². The van der Waals surface area contributed by atoms with E-state index in [1.807, 2.05) is 0 Å². The molecular weight excluding hydrogens is 440 g/mol. The standard InChI is InChI=1S/C33H60N2O/c1-21(2)7-6-8-22(3)29-11-12-30-28-10-9-23-17-26(36-27-19-24(34)18-25(35)20-27)13-15-32(23,4)31(28)14-16-33(29,30)5/h21-31H,6-20,34-35H2,1-5H3. The van der Waals surface area contributed by atoms with E-state index in [1.165, 1.54) is 77.0 Å². The van der Waals surface area contributed by atoms with E-state index >= 15 is 0 Å². The second-order valence-electron chi connectivity index (χ2n) is 15.6. The fourth-order valence-corrected chi connectivity index (χ4v) is 11.1. The number of hydrogen-bond donors (Lipinski definition) is 2. The van der Waals surface area contributed by atoms with Gasteiger partial charge < -0.3 is 16.2 Å². The van der Waals surface area contributed by atoms with E-state index in [0.29, 0.717) is 23.0 Å². The first kappa shape index (κ1) is 27.4. The summed E-state index contributed by atoms with van der Waals surface area (Å²) < 4.78 is 6.72. The number of fused-ring (bicyclic) bond motifs is 5. The fourth-order valence-electron chi connectivity index (χ4n) is 11.1. The third-order valence-corrected chi connectivity index (χ3v) is 12.9. The Morgan fingerprint density at radius 3 is 2.14 bits per heavy atom. The Balaban J connectivity index is 1.20. The Hall–Kier alpha value is -0.120. The first-order chi connectivity index (χ1) is 17.1. The number of nitrogens with two attached hydrogens (primary N) is 2. The van der Waals surface area contributed by atoms with Gasteiger partial charge in [-0.1, -0.05) is 53.9 Å². The van der Waals surface area contributed by atoms with Crippen molar-refractivity contribution in [3.63, 3.8) is 0 Å². The van der Waals surface area contributed by atoms with E-state index in [4.69, 9.17) is 16.2 Å². The predicted molar refractivity (Wildman–Crippen MR) is 152 cm³/mol. The van der Waals surface area contributed by atoms with E-state index in [0.717, 1.165) is 60.7 Å². The van der Waals surface area contributed by atoms with Gasteiger partial charge in [-0.05, 0) is 129 Å². The molecule has 0 heterocycles. The lowest BCUT2D eigenvalue weighted by Crippen LogP contribution is -2.54. The number of hydrogen-bond acceptors (Lipinski definition) is 3. The molecule has 5 rings (SSSR count). The van der Waals surface area contributed by atoms with Crippen molar-refractivity contribution < 1.29 is 4.74 Å². The molecule has 11 atom stereocenters. The van der Waals surface area contributed by atoms with Crippen LogP contribution in [0.2, 0.25) is 0 Å². The lowest BCUT2D eigenvalue weighted by Gasteiger charge is -2.61. The highest BCUT2D eigenvalue weighted by molar-refractivity contribution is 5.10. The molecule has 5 aliphatic carbocycles. The monoisotopic (exact) mass is 500 g/mol. The minimum absolute atomic E-state index is 0.229. The van der Waals surface area contributed by atoms with Gasteiger partial charge in [0.1, 0.15) is 0 Å². The normalized spacial score (nSPS) is 49.8. The van der Waals surface area contributed by atoms with E-state index in [2.05, 4.69) is 34.6 Å². The van der Waals surface area contributed by atoms with Crippen LogP contribution in [0.1, 0.15) is 131 Å². The lowest BCUT2D eigenvalue weighted by atomic mass is 9.44. The van der Waals surface area contributed by atoms with Crippen LogP contribution in [0.4, 0.5) is 0 Å². The molecule has 208 valence electrons. The van der Waals surface area contributed by atoms with Crippen molar-refractivity contribution in [3.8, 4) is 0 Å². The molecule has 0 amide bonds. The average Bonchev–Trinajstić information content (AvgIpc) is 3.15. The highest BCUT2D eigenvalue weighted by Crippen LogP contribution is 2.68. The van der Waals surface area contributed by atoms with E-state index in [1.54, 1.807) is 0 Å². The van der Waals surface area contributed by atoms with Crippen molar-refractivity contribution in [2.45, 2.75) is 155 Å². The van der Waals surface area contributed by atoms with Gasteiger partial charge in [-0.2, -0.15) is 0 Å². The highest BCUT2D eigenvalue weighted by atomic mass is 16.5. The molecule has 0 aromatic rings. The van der Waals surface area contributed by atoms with E-state index < -0.39 is 0 Å². The van der Waals surface area contributed by atoms with Gasteiger partial charge in [0.2, 0.25) is 0 Å². The summed E-state index contributed by atoms with van der Waals surface area (Å²) in [4.78, 5) is 0. The summed E-state index contributed by atoms with van der Waals surface area (Å²) in [5, 5.41) is 0. The molecule has 0 aromatic heterocycles. The molecule has 4 N–H and O–H groups in total. The minimum atomic E-state index is 0.229. The third kappa shape index (κ3) is 5.21. The molecular formula is C33H60N2O. The van der Waals surface area contributed by atoms with Gasteiger partial charge in [-0.3, -0.25) is 0 Å². The molecule has 0 spiro atoms. The van der Waals surface area contributed by atoms with Crippen LogP contribution in [0.25, 0.3) is 0 Å². The molecule has 36 heavy (non-hydrogen) atoms. The summed E-state index contributed by atoms with van der Waals surface area (Å²) in [6.45, 7) is 12.8. The molecule has 0 radical (unpaired) electrons. The van der Waals surface area contributed by atoms with Crippen LogP contribution in [0.15, 0.2) is 0 Å². The molecule has 0 bridgehead atoms. The Labute approximate surface area is 223 Å². The molecule has 5 fully saturated rings. The summed E-state index contributed by atoms with van der Waals surface area (Å²) >= 11 is 0. The summed E-state index contributed by atoms with van der Waals surface area (Å²) in [6.07, 6.45) is 20.9. The van der Waals surface area contributed by atoms with Crippen LogP contribution < -0.4 is 11.5 Å². The first-order valence-electron chi connectivity index (χ1n) is 16.3. The average molecular weight is 501 g/mol. The van der Waals surface area contributed by atoms with Gasteiger partial charge in [-0.25, -0.2) is 0 Å². The molecule has 5 saturated carbocycles. The van der Waals surface area contributed by atoms with Gasteiger partial charge in [0, 0.05) is 12.1 Å². The molecule has 0 aliphatic heterocycles. The maximum atomic E-state index is 6.72. The molecule has 0 saturated heterocycles. The Kier molecular flexibility index (Phi) is 8.24. The molecule has 11 unspecified atom stereocenters. The van der Waals surface area contributed by atoms with Crippen molar-refractivity contribution in [2.24, 2.45) is 63.7 Å². The van der Waals surface area contributed by atoms with Gasteiger partial charge in [-0.15, -0.1) is 0 Å². The number of ether oxygens (including phenoxy) is 1. The van der Waals surface area contributed by atoms with Gasteiger partial charge >= 0.3 is 0 Å². The van der Waals surface area contributed by atoms with Crippen LogP contribution >= 0.6 is 0 Å². The second-order valence-corrected chi connectivity index (χ2v) is 15.6. The van der Waals surface area contributed by atoms with Gasteiger partial charge in [0.05, 0.1) is 12.2 Å². The van der Waals surface area contributed by atoms with Crippen molar-refractivity contribution in [2.75, 3.05) is 0 Å². The zero-order valence-corrected chi connectivity index (χ0v) is 24.5. The molecule has 3 heteroatoms. The van der Waals surface area contributed by atoms with Crippen molar-refractivity contribution >= 4 is 0 Å². The zero-order valence-electron chi connectivity index (χ0n) is 24.5. The van der Waals surface area contributed by atoms with Crippen LogP contribution in [-0.2, 0) is 4.74 Å². The minimum Gasteiger partial charge on any atom is -0.375 e. The van der Waals surface area contributed by atoms with E-state index in [-0.39, 0.29) is 12.1 Å². The lowest BCUT2D eigenvalue weighted by molar-refractivity contribution is -0.148. The molecule has 3 nitrogen and oxygen atoms in total.